The number of nitrogens with one attached hydrogen (secondary N) is 1. The van der Waals surface area contributed by atoms with Crippen LogP contribution in [0.4, 0.5) is 0 Å². The molecule has 1 atom stereocenters. The number of hydrogen-bond acceptors (Lipinski definition) is 3. The first-order chi connectivity index (χ1) is 6.36. The third-order valence-electron chi connectivity index (χ3n) is 2.68. The van der Waals surface area contributed by atoms with Crippen LogP contribution in [0.25, 0.3) is 0 Å². The van der Waals surface area contributed by atoms with Gasteiger partial charge in [0, 0.05) is 11.7 Å². The van der Waals surface area contributed by atoms with Crippen molar-refractivity contribution >= 4 is 17.7 Å². The first-order valence-corrected chi connectivity index (χ1v) is 6.05. The van der Waals surface area contributed by atoms with Crippen molar-refractivity contribution < 1.29 is 9.63 Å². The van der Waals surface area contributed by atoms with Crippen molar-refractivity contribution in [1.82, 2.24) is 5.48 Å². The molecule has 0 spiro atoms. The van der Waals surface area contributed by atoms with Gasteiger partial charge in [0.15, 0.2) is 0 Å². The number of carbonyl (C=O) groups excluding carboxylic acids is 1. The lowest BCUT2D eigenvalue weighted by molar-refractivity contribution is -0.146. The highest BCUT2D eigenvalue weighted by Gasteiger charge is 2.25. The van der Waals surface area contributed by atoms with E-state index in [-0.39, 0.29) is 17.9 Å². The average Bonchev–Trinajstić information content (AvgIpc) is 2.52. The Morgan fingerprint density at radius 2 is 2.23 bits per heavy atom. The molecule has 0 aromatic heterocycles. The van der Waals surface area contributed by atoms with Gasteiger partial charge in [-0.15, -0.1) is 0 Å². The fraction of sp³-hybridized carbons (Fsp3) is 0.889. The Hall–Kier alpha value is -0.220. The van der Waals surface area contributed by atoms with E-state index in [1.807, 2.05) is 11.8 Å². The second-order valence-corrected chi connectivity index (χ2v) is 4.85. The lowest BCUT2D eigenvalue weighted by Crippen LogP contribution is -2.36. The van der Waals surface area contributed by atoms with Crippen LogP contribution in [-0.4, -0.2) is 23.5 Å². The monoisotopic (exact) mass is 201 g/mol. The zero-order valence-electron chi connectivity index (χ0n) is 7.62. The van der Waals surface area contributed by atoms with Crippen molar-refractivity contribution in [2.45, 2.75) is 31.8 Å². The largest absolute Gasteiger partial charge is 0.272 e. The summed E-state index contributed by atoms with van der Waals surface area (Å²) in [5, 5.41) is 0. The zero-order valence-corrected chi connectivity index (χ0v) is 8.44. The number of rotatable bonds is 3. The van der Waals surface area contributed by atoms with E-state index in [1.165, 1.54) is 6.42 Å². The molecular weight excluding hydrogens is 186 g/mol. The topological polar surface area (TPSA) is 38.3 Å². The summed E-state index contributed by atoms with van der Waals surface area (Å²) in [4.78, 5) is 16.7. The predicted molar refractivity (Wildman–Crippen MR) is 52.3 cm³/mol. The van der Waals surface area contributed by atoms with Crippen molar-refractivity contribution in [2.24, 2.45) is 5.92 Å². The van der Waals surface area contributed by atoms with Gasteiger partial charge in [0.1, 0.15) is 0 Å². The van der Waals surface area contributed by atoms with Gasteiger partial charge in [0.25, 0.3) is 0 Å². The molecule has 3 nitrogen and oxygen atoms in total. The molecule has 1 N–H and O–H groups in total. The molecule has 1 heterocycles. The van der Waals surface area contributed by atoms with Crippen LogP contribution >= 0.6 is 11.8 Å². The minimum atomic E-state index is 0.0805. The van der Waals surface area contributed by atoms with Crippen molar-refractivity contribution in [2.75, 3.05) is 11.5 Å². The third kappa shape index (κ3) is 2.38. The fourth-order valence-electron chi connectivity index (χ4n) is 1.45. The Bertz CT molecular complexity index is 188. The number of thioether (sulfide) groups is 1. The van der Waals surface area contributed by atoms with Crippen LogP contribution in [0.15, 0.2) is 0 Å². The normalized spacial score (nSPS) is 28.5. The average molecular weight is 201 g/mol. The highest BCUT2D eigenvalue weighted by molar-refractivity contribution is 7.99. The molecule has 2 aliphatic rings. The molecule has 1 saturated carbocycles. The Labute approximate surface area is 82.5 Å². The highest BCUT2D eigenvalue weighted by atomic mass is 32.2. The molecule has 1 amide bonds. The maximum atomic E-state index is 11.4. The Balaban J connectivity index is 1.65. The smallest absolute Gasteiger partial charge is 0.247 e. The lowest BCUT2D eigenvalue weighted by atomic mass is 9.97. The quantitative estimate of drug-likeness (QED) is 0.700. The number of hydroxylamine groups is 1. The summed E-state index contributed by atoms with van der Waals surface area (Å²) in [7, 11) is 0. The summed E-state index contributed by atoms with van der Waals surface area (Å²) in [6.07, 6.45) is 4.72. The molecule has 1 unspecified atom stereocenters. The molecule has 13 heavy (non-hydrogen) atoms. The van der Waals surface area contributed by atoms with Crippen LogP contribution in [0.2, 0.25) is 0 Å². The van der Waals surface area contributed by atoms with Gasteiger partial charge in [-0.2, -0.15) is 11.8 Å². The van der Waals surface area contributed by atoms with Gasteiger partial charge in [0.2, 0.25) is 5.91 Å². The Morgan fingerprint density at radius 1 is 1.38 bits per heavy atom. The van der Waals surface area contributed by atoms with E-state index in [1.54, 1.807) is 0 Å². The summed E-state index contributed by atoms with van der Waals surface area (Å²) in [6, 6.07) is 0. The van der Waals surface area contributed by atoms with Crippen LogP contribution in [0, 0.1) is 5.92 Å². The molecule has 2 fully saturated rings. The van der Waals surface area contributed by atoms with Gasteiger partial charge < -0.3 is 0 Å². The van der Waals surface area contributed by atoms with Gasteiger partial charge in [0.05, 0.1) is 6.10 Å². The van der Waals surface area contributed by atoms with Gasteiger partial charge >= 0.3 is 0 Å². The molecule has 1 aliphatic carbocycles. The van der Waals surface area contributed by atoms with Crippen LogP contribution in [0.3, 0.4) is 0 Å². The standard InChI is InChI=1S/C9H15NO2S/c11-9(7-4-5-13-6-7)10-12-8-2-1-3-8/h7-8H,1-6H2,(H,10,11). The summed E-state index contributed by atoms with van der Waals surface area (Å²) in [6.45, 7) is 0. The SMILES string of the molecule is O=C(NOC1CCC1)C1CCSC1. The number of amides is 1. The minimum Gasteiger partial charge on any atom is -0.272 e. The summed E-state index contributed by atoms with van der Waals surface area (Å²) in [5.41, 5.74) is 2.57. The van der Waals surface area contributed by atoms with Crippen LogP contribution in [-0.2, 0) is 9.63 Å². The van der Waals surface area contributed by atoms with E-state index in [4.69, 9.17) is 4.84 Å². The van der Waals surface area contributed by atoms with Crippen molar-refractivity contribution in [1.29, 1.82) is 0 Å². The molecule has 2 rings (SSSR count). The molecule has 0 aromatic rings. The van der Waals surface area contributed by atoms with Gasteiger partial charge in [-0.25, -0.2) is 5.48 Å². The summed E-state index contributed by atoms with van der Waals surface area (Å²) < 4.78 is 0. The fourth-order valence-corrected chi connectivity index (χ4v) is 2.68. The van der Waals surface area contributed by atoms with E-state index in [2.05, 4.69) is 5.48 Å². The number of carbonyl (C=O) groups is 1. The number of hydrogen-bond donors (Lipinski definition) is 1. The summed E-state index contributed by atoms with van der Waals surface area (Å²) >= 11 is 1.85. The second kappa shape index (κ2) is 4.33. The first-order valence-electron chi connectivity index (χ1n) is 4.89. The van der Waals surface area contributed by atoms with E-state index in [9.17, 15) is 4.79 Å². The maximum absolute atomic E-state index is 11.4. The molecule has 0 aromatic carbocycles. The van der Waals surface area contributed by atoms with Crippen LogP contribution in [0.1, 0.15) is 25.7 Å². The van der Waals surface area contributed by atoms with Gasteiger partial charge in [-0.05, 0) is 31.4 Å². The summed E-state index contributed by atoms with van der Waals surface area (Å²) in [5.74, 6) is 2.34. The Morgan fingerprint density at radius 3 is 2.77 bits per heavy atom. The molecule has 0 radical (unpaired) electrons. The molecule has 74 valence electrons. The van der Waals surface area contributed by atoms with Crippen LogP contribution < -0.4 is 5.48 Å². The van der Waals surface area contributed by atoms with E-state index < -0.39 is 0 Å². The Kier molecular flexibility index (Phi) is 3.11. The maximum Gasteiger partial charge on any atom is 0.247 e. The molecule has 1 aliphatic heterocycles. The third-order valence-corrected chi connectivity index (χ3v) is 3.84. The van der Waals surface area contributed by atoms with Crippen molar-refractivity contribution in [3.63, 3.8) is 0 Å². The minimum absolute atomic E-state index is 0.0805. The van der Waals surface area contributed by atoms with Crippen molar-refractivity contribution in [3.05, 3.63) is 0 Å². The molecule has 4 heteroatoms. The van der Waals surface area contributed by atoms with Gasteiger partial charge in [-0.3, -0.25) is 9.63 Å². The van der Waals surface area contributed by atoms with Crippen LogP contribution in [0.5, 0.6) is 0 Å². The van der Waals surface area contributed by atoms with Gasteiger partial charge in [-0.1, -0.05) is 0 Å². The molecular formula is C9H15NO2S. The molecule has 1 saturated heterocycles. The van der Waals surface area contributed by atoms with E-state index >= 15 is 0 Å². The lowest BCUT2D eigenvalue weighted by Gasteiger charge is -2.25. The highest BCUT2D eigenvalue weighted by Crippen LogP contribution is 2.24. The van der Waals surface area contributed by atoms with E-state index in [0.717, 1.165) is 30.8 Å². The second-order valence-electron chi connectivity index (χ2n) is 3.70. The first kappa shape index (κ1) is 9.34. The molecule has 0 bridgehead atoms. The van der Waals surface area contributed by atoms with Crippen molar-refractivity contribution in [3.8, 4) is 0 Å². The predicted octanol–water partition coefficient (Wildman–Crippen LogP) is 1.34. The van der Waals surface area contributed by atoms with E-state index in [0.29, 0.717) is 0 Å². The zero-order chi connectivity index (χ0) is 9.10.